The Labute approximate surface area is 101 Å². The normalized spacial score (nSPS) is 10.8. The number of esters is 1. The standard InChI is InChI=1S/C10H18N2O3S/c1-5-15-7(13)6-12(4)9(14)10(2,3)8(11)16/h5-6H2,1-4H3,(H2,11,16). The molecule has 0 spiro atoms. The summed E-state index contributed by atoms with van der Waals surface area (Å²) >= 11 is 4.81. The van der Waals surface area contributed by atoms with Crippen molar-refractivity contribution in [2.75, 3.05) is 20.2 Å². The molecule has 0 radical (unpaired) electrons. The molecule has 0 aromatic carbocycles. The van der Waals surface area contributed by atoms with Crippen molar-refractivity contribution >= 4 is 29.1 Å². The van der Waals surface area contributed by atoms with Gasteiger partial charge in [-0.2, -0.15) is 0 Å². The maximum Gasteiger partial charge on any atom is 0.325 e. The van der Waals surface area contributed by atoms with Gasteiger partial charge in [-0.1, -0.05) is 12.2 Å². The fourth-order valence-electron chi connectivity index (χ4n) is 1.05. The van der Waals surface area contributed by atoms with Crippen molar-refractivity contribution in [2.24, 2.45) is 11.1 Å². The first-order chi connectivity index (χ1) is 7.23. The van der Waals surface area contributed by atoms with Crippen molar-refractivity contribution in [3.8, 4) is 0 Å². The number of carbonyl (C=O) groups excluding carboxylic acids is 2. The fraction of sp³-hybridized carbons (Fsp3) is 0.700. The van der Waals surface area contributed by atoms with Gasteiger partial charge in [0.2, 0.25) is 5.91 Å². The highest BCUT2D eigenvalue weighted by molar-refractivity contribution is 7.80. The second-order valence-electron chi connectivity index (χ2n) is 3.96. The first kappa shape index (κ1) is 14.8. The molecule has 0 bridgehead atoms. The Morgan fingerprint density at radius 1 is 1.44 bits per heavy atom. The topological polar surface area (TPSA) is 72.6 Å². The molecule has 92 valence electrons. The summed E-state index contributed by atoms with van der Waals surface area (Å²) in [6, 6.07) is 0. The average Bonchev–Trinajstić information content (AvgIpc) is 2.16. The van der Waals surface area contributed by atoms with E-state index in [1.165, 1.54) is 11.9 Å². The second-order valence-corrected chi connectivity index (χ2v) is 4.40. The van der Waals surface area contributed by atoms with Crippen molar-refractivity contribution < 1.29 is 14.3 Å². The number of hydrogen-bond acceptors (Lipinski definition) is 4. The smallest absolute Gasteiger partial charge is 0.325 e. The maximum absolute atomic E-state index is 11.9. The molecule has 5 nitrogen and oxygen atoms in total. The number of rotatable bonds is 5. The molecule has 16 heavy (non-hydrogen) atoms. The van der Waals surface area contributed by atoms with Gasteiger partial charge in [-0.15, -0.1) is 0 Å². The summed E-state index contributed by atoms with van der Waals surface area (Å²) in [5.41, 5.74) is 4.52. The molecule has 0 fully saturated rings. The van der Waals surface area contributed by atoms with E-state index < -0.39 is 11.4 Å². The number of carbonyl (C=O) groups is 2. The van der Waals surface area contributed by atoms with Crippen molar-refractivity contribution in [1.29, 1.82) is 0 Å². The van der Waals surface area contributed by atoms with Crippen LogP contribution in [0.5, 0.6) is 0 Å². The van der Waals surface area contributed by atoms with Gasteiger partial charge in [-0.05, 0) is 20.8 Å². The monoisotopic (exact) mass is 246 g/mol. The summed E-state index contributed by atoms with van der Waals surface area (Å²) in [5, 5.41) is 0. The Kier molecular flexibility index (Phi) is 5.37. The van der Waals surface area contributed by atoms with Crippen LogP contribution in [0.3, 0.4) is 0 Å². The molecule has 0 aliphatic carbocycles. The molecule has 0 aliphatic heterocycles. The summed E-state index contributed by atoms with van der Waals surface area (Å²) in [6.45, 7) is 5.15. The molecule has 0 aromatic rings. The van der Waals surface area contributed by atoms with Crippen molar-refractivity contribution in [2.45, 2.75) is 20.8 Å². The van der Waals surface area contributed by atoms with Gasteiger partial charge in [0.05, 0.1) is 17.0 Å². The van der Waals surface area contributed by atoms with Crippen LogP contribution in [-0.4, -0.2) is 42.0 Å². The van der Waals surface area contributed by atoms with Gasteiger partial charge < -0.3 is 15.4 Å². The number of thiocarbonyl (C=S) groups is 1. The molecule has 0 saturated heterocycles. The fourth-order valence-corrected chi connectivity index (χ4v) is 1.14. The van der Waals surface area contributed by atoms with E-state index in [9.17, 15) is 9.59 Å². The summed E-state index contributed by atoms with van der Waals surface area (Å²) in [5.74, 6) is -0.745. The lowest BCUT2D eigenvalue weighted by Crippen LogP contribution is -2.47. The molecule has 0 aromatic heterocycles. The molecular weight excluding hydrogens is 228 g/mol. The molecular formula is C10H18N2O3S. The van der Waals surface area contributed by atoms with Gasteiger partial charge in [-0.3, -0.25) is 9.59 Å². The summed E-state index contributed by atoms with van der Waals surface area (Å²) < 4.78 is 4.74. The molecule has 0 atom stereocenters. The lowest BCUT2D eigenvalue weighted by Gasteiger charge is -2.27. The Hall–Kier alpha value is -1.17. The Morgan fingerprint density at radius 2 is 1.94 bits per heavy atom. The van der Waals surface area contributed by atoms with Crippen LogP contribution in [0.4, 0.5) is 0 Å². The predicted molar refractivity (Wildman–Crippen MR) is 64.8 cm³/mol. The summed E-state index contributed by atoms with van der Waals surface area (Å²) in [6.07, 6.45) is 0. The van der Waals surface area contributed by atoms with Crippen LogP contribution in [0.15, 0.2) is 0 Å². The zero-order valence-corrected chi connectivity index (χ0v) is 10.9. The van der Waals surface area contributed by atoms with Crippen LogP contribution in [0, 0.1) is 5.41 Å². The maximum atomic E-state index is 11.9. The quantitative estimate of drug-likeness (QED) is 0.558. The van der Waals surface area contributed by atoms with E-state index >= 15 is 0 Å². The molecule has 1 amide bonds. The van der Waals surface area contributed by atoms with Gasteiger partial charge in [-0.25, -0.2) is 0 Å². The number of nitrogens with zero attached hydrogens (tertiary/aromatic N) is 1. The third-order valence-corrected chi connectivity index (χ3v) is 2.68. The lowest BCUT2D eigenvalue weighted by atomic mass is 9.92. The molecule has 0 heterocycles. The van der Waals surface area contributed by atoms with Crippen LogP contribution < -0.4 is 5.73 Å². The van der Waals surface area contributed by atoms with E-state index in [4.69, 9.17) is 22.7 Å². The minimum atomic E-state index is -0.948. The lowest BCUT2D eigenvalue weighted by molar-refractivity contribution is -0.149. The van der Waals surface area contributed by atoms with E-state index in [-0.39, 0.29) is 17.4 Å². The van der Waals surface area contributed by atoms with E-state index in [1.54, 1.807) is 20.8 Å². The Bertz CT molecular complexity index is 302. The van der Waals surface area contributed by atoms with Crippen molar-refractivity contribution in [3.05, 3.63) is 0 Å². The highest BCUT2D eigenvalue weighted by Gasteiger charge is 2.34. The van der Waals surface area contributed by atoms with E-state index in [0.29, 0.717) is 6.61 Å². The Balaban J connectivity index is 4.51. The highest BCUT2D eigenvalue weighted by Crippen LogP contribution is 2.18. The zero-order chi connectivity index (χ0) is 12.9. The molecule has 0 aliphatic rings. The van der Waals surface area contributed by atoms with Crippen LogP contribution in [0.1, 0.15) is 20.8 Å². The van der Waals surface area contributed by atoms with Gasteiger partial charge >= 0.3 is 5.97 Å². The third kappa shape index (κ3) is 3.77. The third-order valence-electron chi connectivity index (χ3n) is 2.17. The zero-order valence-electron chi connectivity index (χ0n) is 10.1. The van der Waals surface area contributed by atoms with Gasteiger partial charge in [0.15, 0.2) is 0 Å². The molecule has 0 saturated carbocycles. The van der Waals surface area contributed by atoms with E-state index in [0.717, 1.165) is 0 Å². The van der Waals surface area contributed by atoms with Crippen LogP contribution in [-0.2, 0) is 14.3 Å². The number of likely N-dealkylation sites (N-methyl/N-ethyl adjacent to an activating group) is 1. The van der Waals surface area contributed by atoms with Crippen molar-refractivity contribution in [1.82, 2.24) is 4.90 Å². The summed E-state index contributed by atoms with van der Waals surface area (Å²) in [4.78, 5) is 24.4. The number of nitrogens with two attached hydrogens (primary N) is 1. The van der Waals surface area contributed by atoms with Crippen LogP contribution >= 0.6 is 12.2 Å². The molecule has 2 N–H and O–H groups in total. The SMILES string of the molecule is CCOC(=O)CN(C)C(=O)C(C)(C)C(N)=S. The minimum Gasteiger partial charge on any atom is -0.465 e. The number of hydrogen-bond donors (Lipinski definition) is 1. The number of ether oxygens (including phenoxy) is 1. The summed E-state index contributed by atoms with van der Waals surface area (Å²) in [7, 11) is 1.51. The van der Waals surface area contributed by atoms with Gasteiger partial charge in [0.25, 0.3) is 0 Å². The highest BCUT2D eigenvalue weighted by atomic mass is 32.1. The average molecular weight is 246 g/mol. The van der Waals surface area contributed by atoms with Gasteiger partial charge in [0, 0.05) is 7.05 Å². The van der Waals surface area contributed by atoms with E-state index in [2.05, 4.69) is 0 Å². The molecule has 6 heteroatoms. The molecule has 0 rings (SSSR count). The Morgan fingerprint density at radius 3 is 2.31 bits per heavy atom. The number of amides is 1. The largest absolute Gasteiger partial charge is 0.465 e. The molecule has 0 unspecified atom stereocenters. The van der Waals surface area contributed by atoms with Crippen molar-refractivity contribution in [3.63, 3.8) is 0 Å². The first-order valence-electron chi connectivity index (χ1n) is 4.94. The van der Waals surface area contributed by atoms with Crippen LogP contribution in [0.2, 0.25) is 0 Å². The predicted octanol–water partition coefficient (Wildman–Crippen LogP) is 0.320. The van der Waals surface area contributed by atoms with E-state index in [1.807, 2.05) is 0 Å². The van der Waals surface area contributed by atoms with Crippen LogP contribution in [0.25, 0.3) is 0 Å². The van der Waals surface area contributed by atoms with Gasteiger partial charge in [0.1, 0.15) is 6.54 Å². The second kappa shape index (κ2) is 5.79. The minimum absolute atomic E-state index is 0.0985. The first-order valence-corrected chi connectivity index (χ1v) is 5.35.